The minimum absolute atomic E-state index is 0.612. The SMILES string of the molecule is Nc1nccc2cc(CN3CCNCC3)ccc12. The number of fused-ring (bicyclic) bond motifs is 1. The monoisotopic (exact) mass is 242 g/mol. The molecule has 0 spiro atoms. The molecule has 1 fully saturated rings. The van der Waals surface area contributed by atoms with Gasteiger partial charge in [0.2, 0.25) is 0 Å². The number of nitrogen functional groups attached to an aromatic ring is 1. The zero-order chi connectivity index (χ0) is 12.4. The molecule has 0 atom stereocenters. The second-order valence-corrected chi connectivity index (χ2v) is 4.78. The Morgan fingerprint density at radius 3 is 2.89 bits per heavy atom. The third-order valence-electron chi connectivity index (χ3n) is 3.48. The molecular weight excluding hydrogens is 224 g/mol. The van der Waals surface area contributed by atoms with E-state index < -0.39 is 0 Å². The van der Waals surface area contributed by atoms with Crippen LogP contribution < -0.4 is 11.1 Å². The van der Waals surface area contributed by atoms with Gasteiger partial charge in [-0.05, 0) is 23.1 Å². The van der Waals surface area contributed by atoms with E-state index >= 15 is 0 Å². The van der Waals surface area contributed by atoms with Crippen molar-refractivity contribution in [2.75, 3.05) is 31.9 Å². The number of piperazine rings is 1. The van der Waals surface area contributed by atoms with Gasteiger partial charge < -0.3 is 11.1 Å². The van der Waals surface area contributed by atoms with E-state index in [1.54, 1.807) is 6.20 Å². The second-order valence-electron chi connectivity index (χ2n) is 4.78. The maximum Gasteiger partial charge on any atom is 0.131 e. The summed E-state index contributed by atoms with van der Waals surface area (Å²) >= 11 is 0. The van der Waals surface area contributed by atoms with Crippen molar-refractivity contribution in [2.45, 2.75) is 6.54 Å². The average molecular weight is 242 g/mol. The summed E-state index contributed by atoms with van der Waals surface area (Å²) < 4.78 is 0. The van der Waals surface area contributed by atoms with Crippen molar-refractivity contribution in [3.05, 3.63) is 36.0 Å². The molecule has 94 valence electrons. The third kappa shape index (κ3) is 2.30. The summed E-state index contributed by atoms with van der Waals surface area (Å²) in [5.74, 6) is 0.612. The van der Waals surface area contributed by atoms with E-state index in [9.17, 15) is 0 Å². The summed E-state index contributed by atoms with van der Waals surface area (Å²) in [5, 5.41) is 5.59. The molecular formula is C14H18N4. The summed E-state index contributed by atoms with van der Waals surface area (Å²) in [6.45, 7) is 5.43. The summed E-state index contributed by atoms with van der Waals surface area (Å²) in [4.78, 5) is 6.59. The van der Waals surface area contributed by atoms with Crippen LogP contribution in [-0.2, 0) is 6.54 Å². The molecule has 3 rings (SSSR count). The van der Waals surface area contributed by atoms with E-state index in [1.165, 1.54) is 10.9 Å². The van der Waals surface area contributed by atoms with E-state index in [4.69, 9.17) is 5.73 Å². The van der Waals surface area contributed by atoms with Gasteiger partial charge in [0, 0.05) is 44.3 Å². The molecule has 4 nitrogen and oxygen atoms in total. The Morgan fingerprint density at radius 2 is 2.06 bits per heavy atom. The van der Waals surface area contributed by atoms with E-state index in [-0.39, 0.29) is 0 Å². The Kier molecular flexibility index (Phi) is 3.13. The van der Waals surface area contributed by atoms with Crippen LogP contribution in [0.25, 0.3) is 10.8 Å². The van der Waals surface area contributed by atoms with Gasteiger partial charge in [-0.2, -0.15) is 0 Å². The van der Waals surface area contributed by atoms with Gasteiger partial charge in [-0.15, -0.1) is 0 Å². The maximum absolute atomic E-state index is 5.86. The molecule has 1 aromatic heterocycles. The Balaban J connectivity index is 1.84. The van der Waals surface area contributed by atoms with Crippen LogP contribution in [0, 0.1) is 0 Å². The molecule has 1 saturated heterocycles. The lowest BCUT2D eigenvalue weighted by atomic mass is 10.1. The topological polar surface area (TPSA) is 54.2 Å². The first-order valence-electron chi connectivity index (χ1n) is 6.39. The van der Waals surface area contributed by atoms with Crippen LogP contribution in [0.5, 0.6) is 0 Å². The fourth-order valence-corrected chi connectivity index (χ4v) is 2.48. The first kappa shape index (κ1) is 11.4. The van der Waals surface area contributed by atoms with Gasteiger partial charge in [0.15, 0.2) is 0 Å². The van der Waals surface area contributed by atoms with Crippen molar-refractivity contribution < 1.29 is 0 Å². The normalized spacial score (nSPS) is 17.1. The van der Waals surface area contributed by atoms with Crippen LogP contribution in [0.4, 0.5) is 5.82 Å². The number of benzene rings is 1. The lowest BCUT2D eigenvalue weighted by Gasteiger charge is -2.27. The van der Waals surface area contributed by atoms with Crippen molar-refractivity contribution in [3.63, 3.8) is 0 Å². The fourth-order valence-electron chi connectivity index (χ4n) is 2.48. The highest BCUT2D eigenvalue weighted by molar-refractivity contribution is 5.91. The molecule has 2 aromatic rings. The summed E-state index contributed by atoms with van der Waals surface area (Å²) in [6.07, 6.45) is 1.77. The molecule has 0 radical (unpaired) electrons. The lowest BCUT2D eigenvalue weighted by Crippen LogP contribution is -2.42. The van der Waals surface area contributed by atoms with E-state index in [2.05, 4.69) is 33.4 Å². The number of rotatable bonds is 2. The maximum atomic E-state index is 5.86. The Labute approximate surface area is 107 Å². The molecule has 0 aliphatic carbocycles. The van der Waals surface area contributed by atoms with E-state index in [1.807, 2.05) is 6.07 Å². The number of nitrogens with two attached hydrogens (primary N) is 1. The number of hydrogen-bond donors (Lipinski definition) is 2. The van der Waals surface area contributed by atoms with Crippen LogP contribution in [0.3, 0.4) is 0 Å². The highest BCUT2D eigenvalue weighted by Crippen LogP contribution is 2.20. The van der Waals surface area contributed by atoms with Crippen LogP contribution in [0.2, 0.25) is 0 Å². The number of aromatic nitrogens is 1. The summed E-state index contributed by atoms with van der Waals surface area (Å²) in [5.41, 5.74) is 7.20. The number of nitrogens with zero attached hydrogens (tertiary/aromatic N) is 2. The zero-order valence-corrected chi connectivity index (χ0v) is 10.4. The highest BCUT2D eigenvalue weighted by atomic mass is 15.2. The minimum atomic E-state index is 0.612. The standard InChI is InChI=1S/C14H18N4/c15-14-13-2-1-11(9-12(13)3-4-17-14)10-18-7-5-16-6-8-18/h1-4,9,16H,5-8,10H2,(H2,15,17). The van der Waals surface area contributed by atoms with Crippen molar-refractivity contribution in [1.29, 1.82) is 0 Å². The molecule has 1 aliphatic heterocycles. The lowest BCUT2D eigenvalue weighted by molar-refractivity contribution is 0.233. The minimum Gasteiger partial charge on any atom is -0.383 e. The van der Waals surface area contributed by atoms with Crippen LogP contribution in [0.15, 0.2) is 30.5 Å². The van der Waals surface area contributed by atoms with Crippen molar-refractivity contribution in [3.8, 4) is 0 Å². The largest absolute Gasteiger partial charge is 0.383 e. The molecule has 0 saturated carbocycles. The van der Waals surface area contributed by atoms with Gasteiger partial charge in [-0.3, -0.25) is 4.90 Å². The number of nitrogens with one attached hydrogen (secondary N) is 1. The van der Waals surface area contributed by atoms with Gasteiger partial charge in [-0.1, -0.05) is 12.1 Å². The van der Waals surface area contributed by atoms with Gasteiger partial charge in [0.25, 0.3) is 0 Å². The summed E-state index contributed by atoms with van der Waals surface area (Å²) in [7, 11) is 0. The molecule has 4 heteroatoms. The molecule has 18 heavy (non-hydrogen) atoms. The second kappa shape index (κ2) is 4.92. The Hall–Kier alpha value is -1.65. The first-order chi connectivity index (χ1) is 8.83. The predicted molar refractivity (Wildman–Crippen MR) is 74.3 cm³/mol. The van der Waals surface area contributed by atoms with Gasteiger partial charge in [0.05, 0.1) is 0 Å². The van der Waals surface area contributed by atoms with Crippen LogP contribution in [-0.4, -0.2) is 36.1 Å². The predicted octanol–water partition coefficient (Wildman–Crippen LogP) is 1.22. The van der Waals surface area contributed by atoms with E-state index in [0.29, 0.717) is 5.82 Å². The van der Waals surface area contributed by atoms with Gasteiger partial charge in [-0.25, -0.2) is 4.98 Å². The van der Waals surface area contributed by atoms with Crippen LogP contribution in [0.1, 0.15) is 5.56 Å². The number of pyridine rings is 1. The number of anilines is 1. The molecule has 2 heterocycles. The molecule has 3 N–H and O–H groups in total. The van der Waals surface area contributed by atoms with Crippen molar-refractivity contribution in [1.82, 2.24) is 15.2 Å². The highest BCUT2D eigenvalue weighted by Gasteiger charge is 2.10. The quantitative estimate of drug-likeness (QED) is 0.831. The smallest absolute Gasteiger partial charge is 0.131 e. The first-order valence-corrected chi connectivity index (χ1v) is 6.39. The summed E-state index contributed by atoms with van der Waals surface area (Å²) in [6, 6.07) is 8.47. The van der Waals surface area contributed by atoms with E-state index in [0.717, 1.165) is 38.1 Å². The Bertz CT molecular complexity index is 546. The van der Waals surface area contributed by atoms with Gasteiger partial charge >= 0.3 is 0 Å². The molecule has 1 aliphatic rings. The zero-order valence-electron chi connectivity index (χ0n) is 10.4. The van der Waals surface area contributed by atoms with Gasteiger partial charge in [0.1, 0.15) is 5.82 Å². The molecule has 0 unspecified atom stereocenters. The van der Waals surface area contributed by atoms with Crippen molar-refractivity contribution in [2.24, 2.45) is 0 Å². The Morgan fingerprint density at radius 1 is 1.22 bits per heavy atom. The molecule has 0 bridgehead atoms. The molecule has 0 amide bonds. The molecule has 1 aromatic carbocycles. The number of hydrogen-bond acceptors (Lipinski definition) is 4. The third-order valence-corrected chi connectivity index (χ3v) is 3.48. The van der Waals surface area contributed by atoms with Crippen molar-refractivity contribution >= 4 is 16.6 Å². The fraction of sp³-hybridized carbons (Fsp3) is 0.357. The van der Waals surface area contributed by atoms with Crippen LogP contribution >= 0.6 is 0 Å². The average Bonchev–Trinajstić information content (AvgIpc) is 2.40.